The Balaban J connectivity index is 2.09. The van der Waals surface area contributed by atoms with Gasteiger partial charge in [0.05, 0.1) is 10.5 Å². The van der Waals surface area contributed by atoms with E-state index in [9.17, 15) is 18.0 Å². The number of rotatable bonds is 7. The van der Waals surface area contributed by atoms with Gasteiger partial charge in [0, 0.05) is 19.6 Å². The summed E-state index contributed by atoms with van der Waals surface area (Å²) in [6.07, 6.45) is 2.76. The van der Waals surface area contributed by atoms with Crippen molar-refractivity contribution in [2.75, 3.05) is 19.6 Å². The van der Waals surface area contributed by atoms with Crippen molar-refractivity contribution in [1.82, 2.24) is 9.62 Å². The van der Waals surface area contributed by atoms with Gasteiger partial charge >= 0.3 is 5.97 Å². The Labute approximate surface area is 167 Å². The molecule has 1 aliphatic heterocycles. The van der Waals surface area contributed by atoms with Crippen LogP contribution >= 0.6 is 0 Å². The van der Waals surface area contributed by atoms with Gasteiger partial charge in [-0.05, 0) is 43.9 Å². The zero-order valence-electron chi connectivity index (χ0n) is 16.8. The van der Waals surface area contributed by atoms with E-state index in [1.165, 1.54) is 35.5 Å². The maximum Gasteiger partial charge on any atom is 0.338 e. The number of benzene rings is 1. The first kappa shape index (κ1) is 22.4. The highest BCUT2D eigenvalue weighted by molar-refractivity contribution is 7.89. The van der Waals surface area contributed by atoms with Crippen LogP contribution in [0.1, 0.15) is 56.8 Å². The molecule has 0 saturated carbocycles. The second-order valence-electron chi connectivity index (χ2n) is 7.53. The van der Waals surface area contributed by atoms with E-state index in [0.29, 0.717) is 19.6 Å². The Morgan fingerprint density at radius 3 is 2.36 bits per heavy atom. The molecule has 0 bridgehead atoms. The van der Waals surface area contributed by atoms with Crippen molar-refractivity contribution >= 4 is 21.9 Å². The van der Waals surface area contributed by atoms with Crippen molar-refractivity contribution in [3.05, 3.63) is 29.8 Å². The first-order chi connectivity index (χ1) is 13.2. The normalized spacial score (nSPS) is 17.0. The third-order valence-electron chi connectivity index (χ3n) is 4.61. The molecule has 2 rings (SSSR count). The smallest absolute Gasteiger partial charge is 0.338 e. The second kappa shape index (κ2) is 10.0. The quantitative estimate of drug-likeness (QED) is 0.698. The molecular weight excluding hydrogens is 380 g/mol. The molecule has 0 aromatic heterocycles. The van der Waals surface area contributed by atoms with Crippen LogP contribution < -0.4 is 5.32 Å². The van der Waals surface area contributed by atoms with Crippen molar-refractivity contribution in [2.24, 2.45) is 5.92 Å². The zero-order valence-corrected chi connectivity index (χ0v) is 17.6. The van der Waals surface area contributed by atoms with Crippen molar-refractivity contribution < 1.29 is 22.7 Å². The van der Waals surface area contributed by atoms with Gasteiger partial charge in [-0.25, -0.2) is 13.2 Å². The van der Waals surface area contributed by atoms with E-state index in [4.69, 9.17) is 4.74 Å². The predicted octanol–water partition coefficient (Wildman–Crippen LogP) is 2.57. The molecule has 0 spiro atoms. The van der Waals surface area contributed by atoms with Crippen LogP contribution in [0.4, 0.5) is 0 Å². The fourth-order valence-electron chi connectivity index (χ4n) is 2.95. The Morgan fingerprint density at radius 1 is 1.11 bits per heavy atom. The number of hydrogen-bond donors (Lipinski definition) is 1. The molecule has 1 fully saturated rings. The summed E-state index contributed by atoms with van der Waals surface area (Å²) in [5.74, 6) is -0.816. The maximum atomic E-state index is 12.9. The topological polar surface area (TPSA) is 92.8 Å². The largest absolute Gasteiger partial charge is 0.449 e. The standard InChI is InChI=1S/C20H30N2O5S/c1-15(2)14-21-19(23)16(3)27-20(24)17-9-8-10-18(13-17)28(25,26)22-11-6-4-5-7-12-22/h8-10,13,15-16H,4-7,11-12,14H2,1-3H3,(H,21,23)/t16-/m1/s1. The molecule has 1 N–H and O–H groups in total. The van der Waals surface area contributed by atoms with Crippen LogP contribution in [0.2, 0.25) is 0 Å². The Hall–Kier alpha value is -1.93. The van der Waals surface area contributed by atoms with Crippen molar-refractivity contribution in [3.8, 4) is 0 Å². The summed E-state index contributed by atoms with van der Waals surface area (Å²) in [6.45, 7) is 6.89. The number of ether oxygens (including phenoxy) is 1. The number of carbonyl (C=O) groups is 2. The summed E-state index contributed by atoms with van der Waals surface area (Å²) in [7, 11) is -3.66. The number of sulfonamides is 1. The highest BCUT2D eigenvalue weighted by atomic mass is 32.2. The fourth-order valence-corrected chi connectivity index (χ4v) is 4.51. The van der Waals surface area contributed by atoms with E-state index >= 15 is 0 Å². The van der Waals surface area contributed by atoms with Gasteiger partial charge in [0.1, 0.15) is 0 Å². The Morgan fingerprint density at radius 2 is 1.75 bits per heavy atom. The van der Waals surface area contributed by atoms with Gasteiger partial charge in [-0.2, -0.15) is 4.31 Å². The van der Waals surface area contributed by atoms with E-state index in [0.717, 1.165) is 25.7 Å². The molecule has 1 aliphatic rings. The molecule has 8 heteroatoms. The Kier molecular flexibility index (Phi) is 8.00. The molecule has 1 saturated heterocycles. The van der Waals surface area contributed by atoms with Crippen molar-refractivity contribution in [2.45, 2.75) is 57.5 Å². The van der Waals surface area contributed by atoms with Crippen molar-refractivity contribution in [3.63, 3.8) is 0 Å². The van der Waals surface area contributed by atoms with Crippen molar-refractivity contribution in [1.29, 1.82) is 0 Å². The monoisotopic (exact) mass is 410 g/mol. The molecule has 1 atom stereocenters. The van der Waals surface area contributed by atoms with E-state index in [2.05, 4.69) is 5.32 Å². The molecule has 1 heterocycles. The van der Waals surface area contributed by atoms with Crippen LogP contribution in [-0.4, -0.2) is 50.3 Å². The van der Waals surface area contributed by atoms with Gasteiger partial charge in [-0.3, -0.25) is 4.79 Å². The van der Waals surface area contributed by atoms with E-state index in [1.54, 1.807) is 0 Å². The number of amides is 1. The third-order valence-corrected chi connectivity index (χ3v) is 6.50. The lowest BCUT2D eigenvalue weighted by Gasteiger charge is -2.20. The number of nitrogens with zero attached hydrogens (tertiary/aromatic N) is 1. The average molecular weight is 411 g/mol. The first-order valence-corrected chi connectivity index (χ1v) is 11.2. The zero-order chi connectivity index (χ0) is 20.7. The maximum absolute atomic E-state index is 12.9. The average Bonchev–Trinajstić information content (AvgIpc) is 2.96. The van der Waals surface area contributed by atoms with Crippen LogP contribution in [0.3, 0.4) is 0 Å². The highest BCUT2D eigenvalue weighted by Gasteiger charge is 2.26. The van der Waals surface area contributed by atoms with Crippen LogP contribution in [0, 0.1) is 5.92 Å². The molecule has 0 radical (unpaired) electrons. The van der Waals surface area contributed by atoms with Crippen LogP contribution in [0.15, 0.2) is 29.2 Å². The molecule has 1 amide bonds. The summed E-state index contributed by atoms with van der Waals surface area (Å²) >= 11 is 0. The summed E-state index contributed by atoms with van der Waals surface area (Å²) in [6, 6.07) is 5.81. The van der Waals surface area contributed by atoms with Gasteiger partial charge in [-0.1, -0.05) is 32.8 Å². The van der Waals surface area contributed by atoms with E-state index in [-0.39, 0.29) is 22.3 Å². The molecular formula is C20H30N2O5S. The van der Waals surface area contributed by atoms with Gasteiger partial charge in [-0.15, -0.1) is 0 Å². The SMILES string of the molecule is CC(C)CNC(=O)[C@@H](C)OC(=O)c1cccc(S(=O)(=O)N2CCCCCC2)c1. The lowest BCUT2D eigenvalue weighted by Crippen LogP contribution is -2.37. The molecule has 156 valence electrons. The predicted molar refractivity (Wildman–Crippen MR) is 106 cm³/mol. The van der Waals surface area contributed by atoms with Gasteiger partial charge < -0.3 is 10.1 Å². The Bertz CT molecular complexity index is 784. The van der Waals surface area contributed by atoms with Gasteiger partial charge in [0.25, 0.3) is 5.91 Å². The summed E-state index contributed by atoms with van der Waals surface area (Å²) in [5.41, 5.74) is 0.111. The minimum absolute atomic E-state index is 0.0702. The molecule has 0 aliphatic carbocycles. The van der Waals surface area contributed by atoms with E-state index in [1.807, 2.05) is 13.8 Å². The van der Waals surface area contributed by atoms with Gasteiger partial charge in [0.2, 0.25) is 10.0 Å². The minimum atomic E-state index is -3.66. The lowest BCUT2D eigenvalue weighted by atomic mass is 10.2. The summed E-state index contributed by atoms with van der Waals surface area (Å²) in [4.78, 5) is 24.5. The molecule has 7 nitrogen and oxygen atoms in total. The number of esters is 1. The summed E-state index contributed by atoms with van der Waals surface area (Å²) < 4.78 is 32.5. The first-order valence-electron chi connectivity index (χ1n) is 9.80. The third kappa shape index (κ3) is 6.04. The number of carbonyl (C=O) groups excluding carboxylic acids is 2. The molecule has 0 unspecified atom stereocenters. The molecule has 28 heavy (non-hydrogen) atoms. The van der Waals surface area contributed by atoms with Crippen LogP contribution in [0.25, 0.3) is 0 Å². The summed E-state index contributed by atoms with van der Waals surface area (Å²) in [5, 5.41) is 2.70. The molecule has 1 aromatic carbocycles. The number of nitrogens with one attached hydrogen (secondary N) is 1. The van der Waals surface area contributed by atoms with Gasteiger partial charge in [0.15, 0.2) is 6.10 Å². The second-order valence-corrected chi connectivity index (χ2v) is 9.47. The minimum Gasteiger partial charge on any atom is -0.449 e. The van der Waals surface area contributed by atoms with Crippen LogP contribution in [0.5, 0.6) is 0 Å². The highest BCUT2D eigenvalue weighted by Crippen LogP contribution is 2.21. The lowest BCUT2D eigenvalue weighted by molar-refractivity contribution is -0.129. The van der Waals surface area contributed by atoms with Crippen LogP contribution in [-0.2, 0) is 19.6 Å². The van der Waals surface area contributed by atoms with E-state index < -0.39 is 22.1 Å². The molecule has 1 aromatic rings. The number of hydrogen-bond acceptors (Lipinski definition) is 5. The fraction of sp³-hybridized carbons (Fsp3) is 0.600.